The van der Waals surface area contributed by atoms with E-state index in [0.29, 0.717) is 0 Å². The Morgan fingerprint density at radius 3 is 1.08 bits per heavy atom. The fraction of sp³-hybridized carbons (Fsp3) is 0.0571. The highest BCUT2D eigenvalue weighted by atomic mass is 16.5. The Kier molecular flexibility index (Phi) is 9.58. The first kappa shape index (κ1) is 43.3. The molecule has 15 rings (SSSR count). The largest absolute Gasteiger partial charge is 0.456 e. The van der Waals surface area contributed by atoms with E-state index < -0.39 is 0 Å². The second kappa shape index (κ2) is 16.6. The summed E-state index contributed by atoms with van der Waals surface area (Å²) in [4.78, 5) is 5.26. The average molecular weight is 961 g/mol. The van der Waals surface area contributed by atoms with Crippen LogP contribution in [0, 0.1) is 0 Å². The van der Waals surface area contributed by atoms with E-state index in [9.17, 15) is 0 Å². The molecule has 0 N–H and O–H groups in total. The van der Waals surface area contributed by atoms with Gasteiger partial charge in [-0.2, -0.15) is 0 Å². The van der Waals surface area contributed by atoms with Gasteiger partial charge in [-0.3, -0.25) is 0 Å². The lowest BCUT2D eigenvalue weighted by atomic mass is 9.33. The van der Waals surface area contributed by atoms with E-state index in [1.807, 2.05) is 0 Å². The normalized spacial score (nSPS) is 13.1. The van der Waals surface area contributed by atoms with E-state index in [1.165, 1.54) is 22.0 Å². The Morgan fingerprint density at radius 2 is 0.667 bits per heavy atom. The molecule has 0 bridgehead atoms. The van der Waals surface area contributed by atoms with Crippen LogP contribution in [0.15, 0.2) is 243 Å². The molecule has 4 aliphatic rings. The first-order chi connectivity index (χ1) is 36.9. The number of anilines is 6. The molecule has 5 heteroatoms. The van der Waals surface area contributed by atoms with Crippen LogP contribution in [0.25, 0.3) is 66.8 Å². The molecule has 0 radical (unpaired) electrons. The number of para-hydroxylation sites is 6. The van der Waals surface area contributed by atoms with Crippen molar-refractivity contribution in [2.75, 3.05) is 9.80 Å². The number of nitrogens with zero attached hydrogens (tertiary/aromatic N) is 2. The summed E-state index contributed by atoms with van der Waals surface area (Å²) in [5.74, 6) is 3.22. The molecule has 4 aliphatic heterocycles. The van der Waals surface area contributed by atoms with Crippen LogP contribution in [-0.2, 0) is 5.41 Å². The number of ether oxygens (including phenoxy) is 2. The van der Waals surface area contributed by atoms with Gasteiger partial charge in [-0.1, -0.05) is 215 Å². The standard InChI is InChI=1S/C70H49BN2O2/c1-70(2,3)46-42-59-67-60(43-46)73-58-33-17-11-27-50(58)52-29-13-19-35-62(52)75-64-37-21-15-31-54(64)66-48(45-24-8-5-9-25-45)39-41-56(69(66)73)71(67)55-40-38-47(44-22-6-4-7-23-44)65-53-30-14-20-36-63(53)74-61-34-18-12-28-51(61)49-26-10-16-32-57(49)72(59)68(55)65/h4-43H,1-3H3. The summed E-state index contributed by atoms with van der Waals surface area (Å²) in [5.41, 5.74) is 24.5. The molecule has 0 saturated heterocycles. The van der Waals surface area contributed by atoms with Crippen LogP contribution < -0.4 is 35.7 Å². The van der Waals surface area contributed by atoms with Crippen LogP contribution >= 0.6 is 0 Å². The van der Waals surface area contributed by atoms with Gasteiger partial charge in [0.15, 0.2) is 0 Å². The molecule has 0 atom stereocenters. The zero-order chi connectivity index (χ0) is 49.9. The van der Waals surface area contributed by atoms with Crippen molar-refractivity contribution >= 4 is 57.2 Å². The van der Waals surface area contributed by atoms with E-state index in [2.05, 4.69) is 273 Å². The monoisotopic (exact) mass is 960 g/mol. The van der Waals surface area contributed by atoms with Crippen LogP contribution in [0.5, 0.6) is 23.0 Å². The first-order valence-electron chi connectivity index (χ1n) is 26.0. The molecule has 0 unspecified atom stereocenters. The zero-order valence-corrected chi connectivity index (χ0v) is 41.9. The maximum atomic E-state index is 7.23. The second-order valence-corrected chi connectivity index (χ2v) is 21.1. The number of benzene rings is 11. The quantitative estimate of drug-likeness (QED) is 0.161. The lowest BCUT2D eigenvalue weighted by Gasteiger charge is -2.47. The highest BCUT2D eigenvalue weighted by Crippen LogP contribution is 2.58. The van der Waals surface area contributed by atoms with Gasteiger partial charge in [0.1, 0.15) is 23.0 Å². The predicted octanol–water partition coefficient (Wildman–Crippen LogP) is 17.3. The van der Waals surface area contributed by atoms with Gasteiger partial charge in [-0.15, -0.1) is 0 Å². The SMILES string of the molecule is CC(C)(C)c1cc2c3c(c1)N1c4ccccc4-c4ccccc4Oc4ccccc4-c4c(-c5ccccc5)ccc(c41)B3c1ccc(-c3ccccc3)c3c1N2c1ccccc1-c1ccccc1Oc1ccccc1-3. The van der Waals surface area contributed by atoms with E-state index in [1.54, 1.807) is 0 Å². The molecule has 11 aromatic rings. The van der Waals surface area contributed by atoms with Gasteiger partial charge in [0.25, 0.3) is 6.71 Å². The summed E-state index contributed by atoms with van der Waals surface area (Å²) >= 11 is 0. The third-order valence-corrected chi connectivity index (χ3v) is 15.8. The van der Waals surface area contributed by atoms with Gasteiger partial charge in [0, 0.05) is 55.9 Å². The fourth-order valence-electron chi connectivity index (χ4n) is 12.5. The topological polar surface area (TPSA) is 24.9 Å². The van der Waals surface area contributed by atoms with Crippen molar-refractivity contribution in [2.45, 2.75) is 26.2 Å². The van der Waals surface area contributed by atoms with Gasteiger partial charge in [0.2, 0.25) is 0 Å². The molecule has 354 valence electrons. The Hall–Kier alpha value is -9.32. The van der Waals surface area contributed by atoms with Gasteiger partial charge in [0.05, 0.1) is 22.7 Å². The minimum atomic E-state index is -0.252. The van der Waals surface area contributed by atoms with Gasteiger partial charge in [-0.25, -0.2) is 0 Å². The van der Waals surface area contributed by atoms with E-state index in [4.69, 9.17) is 9.47 Å². The Bertz CT molecular complexity index is 3880. The minimum absolute atomic E-state index is 0.209. The van der Waals surface area contributed by atoms with Crippen molar-refractivity contribution in [1.29, 1.82) is 0 Å². The lowest BCUT2D eigenvalue weighted by Crippen LogP contribution is -2.61. The summed E-state index contributed by atoms with van der Waals surface area (Å²) in [6.07, 6.45) is 0. The van der Waals surface area contributed by atoms with Crippen molar-refractivity contribution < 1.29 is 9.47 Å². The van der Waals surface area contributed by atoms with Crippen molar-refractivity contribution in [3.05, 3.63) is 248 Å². The van der Waals surface area contributed by atoms with Crippen molar-refractivity contribution in [1.82, 2.24) is 0 Å². The third-order valence-electron chi connectivity index (χ3n) is 15.8. The van der Waals surface area contributed by atoms with E-state index >= 15 is 0 Å². The van der Waals surface area contributed by atoms with Crippen molar-refractivity contribution in [3.63, 3.8) is 0 Å². The summed E-state index contributed by atoms with van der Waals surface area (Å²) in [6.45, 7) is 6.85. The van der Waals surface area contributed by atoms with Crippen molar-refractivity contribution in [3.8, 4) is 89.8 Å². The Balaban J connectivity index is 1.17. The predicted molar refractivity (Wildman–Crippen MR) is 312 cm³/mol. The molecule has 4 nitrogen and oxygen atoms in total. The van der Waals surface area contributed by atoms with Gasteiger partial charge >= 0.3 is 0 Å². The molecule has 0 amide bonds. The van der Waals surface area contributed by atoms with E-state index in [-0.39, 0.29) is 12.1 Å². The maximum absolute atomic E-state index is 7.23. The summed E-state index contributed by atoms with van der Waals surface area (Å²) < 4.78 is 14.5. The number of hydrogen-bond acceptors (Lipinski definition) is 4. The maximum Gasteiger partial charge on any atom is 0.252 e. The number of hydrogen-bond donors (Lipinski definition) is 0. The van der Waals surface area contributed by atoms with Crippen LogP contribution in [0.1, 0.15) is 26.3 Å². The molecule has 0 aliphatic carbocycles. The summed E-state index contributed by atoms with van der Waals surface area (Å²) in [6, 6.07) is 88.6. The molecule has 0 aromatic heterocycles. The Labute approximate surface area is 438 Å². The molecule has 0 saturated carbocycles. The molecule has 75 heavy (non-hydrogen) atoms. The van der Waals surface area contributed by atoms with Crippen LogP contribution in [0.2, 0.25) is 0 Å². The molecule has 0 fully saturated rings. The van der Waals surface area contributed by atoms with Gasteiger partial charge in [-0.05, 0) is 98.2 Å². The molecule has 0 spiro atoms. The summed E-state index contributed by atoms with van der Waals surface area (Å²) in [5, 5.41) is 0. The number of fused-ring (bicyclic) bond motifs is 16. The summed E-state index contributed by atoms with van der Waals surface area (Å²) in [7, 11) is 0. The van der Waals surface area contributed by atoms with E-state index in [0.717, 1.165) is 124 Å². The smallest absolute Gasteiger partial charge is 0.252 e. The van der Waals surface area contributed by atoms with Crippen LogP contribution in [0.4, 0.5) is 34.1 Å². The average Bonchev–Trinajstić information content (AvgIpc) is 3.56. The fourth-order valence-corrected chi connectivity index (χ4v) is 12.5. The number of rotatable bonds is 2. The molecular formula is C70H49BN2O2. The Morgan fingerprint density at radius 1 is 0.320 bits per heavy atom. The molecule has 11 aromatic carbocycles. The highest BCUT2D eigenvalue weighted by molar-refractivity contribution is 7.00. The minimum Gasteiger partial charge on any atom is -0.456 e. The van der Waals surface area contributed by atoms with Gasteiger partial charge < -0.3 is 19.3 Å². The third kappa shape index (κ3) is 6.57. The zero-order valence-electron chi connectivity index (χ0n) is 41.9. The van der Waals surface area contributed by atoms with Crippen LogP contribution in [-0.4, -0.2) is 6.71 Å². The molecule has 4 heterocycles. The van der Waals surface area contributed by atoms with Crippen molar-refractivity contribution in [2.24, 2.45) is 0 Å². The first-order valence-corrected chi connectivity index (χ1v) is 26.0. The molecular weight excluding hydrogens is 912 g/mol. The highest BCUT2D eigenvalue weighted by Gasteiger charge is 2.48. The second-order valence-electron chi connectivity index (χ2n) is 21.1. The lowest BCUT2D eigenvalue weighted by molar-refractivity contribution is 0.486. The van der Waals surface area contributed by atoms with Crippen LogP contribution in [0.3, 0.4) is 0 Å².